The second-order valence-electron chi connectivity index (χ2n) is 2.76. The van der Waals surface area contributed by atoms with E-state index in [9.17, 15) is 21.6 Å². The van der Waals surface area contributed by atoms with Gasteiger partial charge in [0.15, 0.2) is 11.5 Å². The highest BCUT2D eigenvalue weighted by Crippen LogP contribution is 2.41. The number of rotatable bonds is 3. The topological polar surface area (TPSA) is 65.5 Å². The summed E-state index contributed by atoms with van der Waals surface area (Å²) < 4.78 is 66.6. The Balaban J connectivity index is 3.51. The van der Waals surface area contributed by atoms with E-state index in [-0.39, 0.29) is 10.2 Å². The fourth-order valence-electron chi connectivity index (χ4n) is 0.959. The van der Waals surface area contributed by atoms with Crippen LogP contribution in [0.3, 0.4) is 0 Å². The van der Waals surface area contributed by atoms with Gasteiger partial charge in [0.1, 0.15) is 4.47 Å². The van der Waals surface area contributed by atoms with Gasteiger partial charge < -0.3 is 9.47 Å². The molecule has 0 aromatic carbocycles. The van der Waals surface area contributed by atoms with Gasteiger partial charge in [0.25, 0.3) is 9.05 Å². The first-order valence-corrected chi connectivity index (χ1v) is 7.09. The van der Waals surface area contributed by atoms with Crippen LogP contribution in [0.1, 0.15) is 0 Å². The molecule has 0 saturated carbocycles. The molecule has 0 radical (unpaired) electrons. The lowest BCUT2D eigenvalue weighted by Crippen LogP contribution is -2.19. The third-order valence-corrected chi connectivity index (χ3v) is 3.52. The summed E-state index contributed by atoms with van der Waals surface area (Å²) >= 11 is 2.72. The van der Waals surface area contributed by atoms with Gasteiger partial charge in [-0.3, -0.25) is 0 Å². The average Bonchev–Trinajstić information content (AvgIpc) is 2.17. The van der Waals surface area contributed by atoms with E-state index in [2.05, 4.69) is 30.4 Å². The van der Waals surface area contributed by atoms with Gasteiger partial charge in [-0.2, -0.15) is 0 Å². The minimum absolute atomic E-state index is 0.140. The zero-order valence-electron chi connectivity index (χ0n) is 8.46. The minimum Gasteiger partial charge on any atom is -0.494 e. The van der Waals surface area contributed by atoms with Gasteiger partial charge in [-0.1, -0.05) is 0 Å². The Labute approximate surface area is 112 Å². The third kappa shape index (κ3) is 3.62. The molecule has 0 bridgehead atoms. The highest BCUT2D eigenvalue weighted by Gasteiger charge is 2.36. The van der Waals surface area contributed by atoms with Crippen LogP contribution < -0.4 is 9.47 Å². The van der Waals surface area contributed by atoms with Crippen molar-refractivity contribution < 1.29 is 31.1 Å². The van der Waals surface area contributed by atoms with Crippen LogP contribution in [0.5, 0.6) is 11.5 Å². The second-order valence-corrected chi connectivity index (χ2v) is 6.03. The summed E-state index contributed by atoms with van der Waals surface area (Å²) in [5.41, 5.74) is 0. The van der Waals surface area contributed by atoms with Crippen molar-refractivity contribution in [2.24, 2.45) is 0 Å². The average molecular weight is 371 g/mol. The number of nitrogens with zero attached hydrogens (tertiary/aromatic N) is 1. The van der Waals surface area contributed by atoms with Crippen LogP contribution >= 0.6 is 26.6 Å². The summed E-state index contributed by atoms with van der Waals surface area (Å²) in [5, 5.41) is -1.06. The van der Waals surface area contributed by atoms with Crippen LogP contribution in [-0.4, -0.2) is 26.9 Å². The minimum atomic E-state index is -5.10. The Bertz CT molecular complexity index is 563. The Kier molecular flexibility index (Phi) is 4.34. The van der Waals surface area contributed by atoms with Gasteiger partial charge in [-0.15, -0.1) is 13.2 Å². The van der Waals surface area contributed by atoms with Crippen molar-refractivity contribution in [3.05, 3.63) is 10.7 Å². The van der Waals surface area contributed by atoms with Crippen LogP contribution in [0, 0.1) is 0 Å². The van der Waals surface area contributed by atoms with Crippen LogP contribution in [-0.2, 0) is 9.05 Å². The molecule has 18 heavy (non-hydrogen) atoms. The first-order valence-electron chi connectivity index (χ1n) is 3.99. The summed E-state index contributed by atoms with van der Waals surface area (Å²) in [4.78, 5) is 3.27. The molecule has 5 nitrogen and oxygen atoms in total. The molecule has 0 aliphatic rings. The Morgan fingerprint density at radius 3 is 2.39 bits per heavy atom. The molecular formula is C7H4BrClF3NO4S. The number of methoxy groups -OCH3 is 1. The molecular weight excluding hydrogens is 366 g/mol. The highest BCUT2D eigenvalue weighted by molar-refractivity contribution is 9.10. The van der Waals surface area contributed by atoms with Gasteiger partial charge in [-0.25, -0.2) is 13.4 Å². The Morgan fingerprint density at radius 2 is 2.00 bits per heavy atom. The van der Waals surface area contributed by atoms with Crippen molar-refractivity contribution in [1.29, 1.82) is 0 Å². The second kappa shape index (κ2) is 5.10. The maximum atomic E-state index is 12.2. The molecule has 1 heterocycles. The summed E-state index contributed by atoms with van der Waals surface area (Å²) in [6.07, 6.45) is -4.21. The zero-order valence-corrected chi connectivity index (χ0v) is 11.6. The predicted octanol–water partition coefficient (Wildman–Crippen LogP) is 2.68. The summed E-state index contributed by atoms with van der Waals surface area (Å²) in [5.74, 6) is -1.23. The van der Waals surface area contributed by atoms with E-state index in [4.69, 9.17) is 10.7 Å². The SMILES string of the molecule is COc1cnc(S(=O)(=O)Cl)c(OC(F)(F)F)c1Br. The maximum absolute atomic E-state index is 12.2. The maximum Gasteiger partial charge on any atom is 0.573 e. The van der Waals surface area contributed by atoms with Crippen molar-refractivity contribution in [2.45, 2.75) is 11.4 Å². The highest BCUT2D eigenvalue weighted by atomic mass is 79.9. The van der Waals surface area contributed by atoms with E-state index in [0.29, 0.717) is 0 Å². The summed E-state index contributed by atoms with van der Waals surface area (Å²) in [6.45, 7) is 0. The van der Waals surface area contributed by atoms with Gasteiger partial charge in [0.2, 0.25) is 5.03 Å². The van der Waals surface area contributed by atoms with Crippen LogP contribution in [0.2, 0.25) is 0 Å². The van der Waals surface area contributed by atoms with Gasteiger partial charge in [-0.05, 0) is 15.9 Å². The molecule has 0 amide bonds. The number of halogens is 5. The molecule has 0 unspecified atom stereocenters. The monoisotopic (exact) mass is 369 g/mol. The number of ether oxygens (including phenoxy) is 2. The smallest absolute Gasteiger partial charge is 0.494 e. The van der Waals surface area contributed by atoms with E-state index in [1.807, 2.05) is 0 Å². The largest absolute Gasteiger partial charge is 0.573 e. The zero-order chi connectivity index (χ0) is 14.1. The molecule has 1 aromatic heterocycles. The molecule has 0 fully saturated rings. The summed E-state index contributed by atoms with van der Waals surface area (Å²) in [6, 6.07) is 0. The van der Waals surface area contributed by atoms with Crippen molar-refractivity contribution in [3.8, 4) is 11.5 Å². The molecule has 102 valence electrons. The quantitative estimate of drug-likeness (QED) is 0.766. The third-order valence-electron chi connectivity index (χ3n) is 1.58. The van der Waals surface area contributed by atoms with E-state index >= 15 is 0 Å². The Hall–Kier alpha value is -0.740. The number of pyridine rings is 1. The molecule has 0 aliphatic carbocycles. The lowest BCUT2D eigenvalue weighted by molar-refractivity contribution is -0.276. The van der Waals surface area contributed by atoms with Crippen molar-refractivity contribution in [1.82, 2.24) is 4.98 Å². The molecule has 0 saturated heterocycles. The normalized spacial score (nSPS) is 12.3. The molecule has 1 aromatic rings. The fraction of sp³-hybridized carbons (Fsp3) is 0.286. The van der Waals surface area contributed by atoms with E-state index in [0.717, 1.165) is 13.3 Å². The fourth-order valence-corrected chi connectivity index (χ4v) is 2.50. The molecule has 0 N–H and O–H groups in total. The van der Waals surface area contributed by atoms with E-state index < -0.39 is 26.2 Å². The lowest BCUT2D eigenvalue weighted by atomic mass is 10.4. The predicted molar refractivity (Wildman–Crippen MR) is 58.2 cm³/mol. The number of alkyl halides is 3. The molecule has 11 heteroatoms. The number of aromatic nitrogens is 1. The van der Waals surface area contributed by atoms with Gasteiger partial charge in [0.05, 0.1) is 13.3 Å². The molecule has 0 atom stereocenters. The molecule has 1 rings (SSSR count). The van der Waals surface area contributed by atoms with Crippen LogP contribution in [0.15, 0.2) is 15.7 Å². The molecule has 0 spiro atoms. The molecule has 0 aliphatic heterocycles. The van der Waals surface area contributed by atoms with E-state index in [1.54, 1.807) is 0 Å². The van der Waals surface area contributed by atoms with Crippen molar-refractivity contribution in [2.75, 3.05) is 7.11 Å². The standard InChI is InChI=1S/C7H4BrClF3NO4S/c1-16-3-2-13-6(18(9,14)15)5(4(3)8)17-7(10,11)12/h2H,1H3. The van der Waals surface area contributed by atoms with Crippen molar-refractivity contribution in [3.63, 3.8) is 0 Å². The van der Waals surface area contributed by atoms with Gasteiger partial charge in [0, 0.05) is 10.7 Å². The first kappa shape index (κ1) is 15.3. The number of hydrogen-bond donors (Lipinski definition) is 0. The van der Waals surface area contributed by atoms with Crippen LogP contribution in [0.4, 0.5) is 13.2 Å². The van der Waals surface area contributed by atoms with Gasteiger partial charge >= 0.3 is 6.36 Å². The summed E-state index contributed by atoms with van der Waals surface area (Å²) in [7, 11) is 1.62. The Morgan fingerprint density at radius 1 is 1.44 bits per heavy atom. The van der Waals surface area contributed by atoms with E-state index in [1.165, 1.54) is 0 Å². The van der Waals surface area contributed by atoms with Crippen LogP contribution in [0.25, 0.3) is 0 Å². The van der Waals surface area contributed by atoms with Crippen molar-refractivity contribution >= 4 is 35.7 Å². The first-order chi connectivity index (χ1) is 8.06. The lowest BCUT2D eigenvalue weighted by Gasteiger charge is -2.14. The number of hydrogen-bond acceptors (Lipinski definition) is 5.